The Morgan fingerprint density at radius 1 is 0.449 bits per heavy atom. The molecule has 13 aromatic rings. The van der Waals surface area contributed by atoms with Crippen LogP contribution in [0.25, 0.3) is 123 Å². The van der Waals surface area contributed by atoms with E-state index in [2.05, 4.69) is 225 Å². The Balaban J connectivity index is 1.01. The molecule has 0 N–H and O–H groups in total. The molecule has 5 aromatic heterocycles. The van der Waals surface area contributed by atoms with Gasteiger partial charge in [-0.1, -0.05) is 146 Å². The lowest BCUT2D eigenvalue weighted by Gasteiger charge is -2.18. The van der Waals surface area contributed by atoms with Crippen molar-refractivity contribution in [3.63, 3.8) is 0 Å². The lowest BCUT2D eigenvalue weighted by molar-refractivity contribution is 0.681. The van der Waals surface area contributed by atoms with E-state index >= 15 is 0 Å². The zero-order valence-electron chi connectivity index (χ0n) is 37.9. The third-order valence-corrected chi connectivity index (χ3v) is 14.8. The molecule has 326 valence electrons. The van der Waals surface area contributed by atoms with Gasteiger partial charge in [0, 0.05) is 55.0 Å². The van der Waals surface area contributed by atoms with Gasteiger partial charge in [0.1, 0.15) is 0 Å². The molecule has 0 spiro atoms. The van der Waals surface area contributed by atoms with Gasteiger partial charge in [0.15, 0.2) is 0 Å². The average molecular weight is 886 g/mol. The van der Waals surface area contributed by atoms with Crippen molar-refractivity contribution in [1.82, 2.24) is 33.2 Å². The first-order valence-corrected chi connectivity index (χ1v) is 24.1. The number of benzene rings is 8. The summed E-state index contributed by atoms with van der Waals surface area (Å²) in [6.45, 7) is 2.28. The summed E-state index contributed by atoms with van der Waals surface area (Å²) < 4.78 is 9.29. The maximum absolute atomic E-state index is 5.60. The van der Waals surface area contributed by atoms with Gasteiger partial charge in [-0.25, -0.2) is 0 Å². The van der Waals surface area contributed by atoms with Crippen LogP contribution in [0.15, 0.2) is 188 Å². The SMILES string of the molecule is CC1C=Cc2c(n(-c3nc(-n4c5ccccc5c5ccccc54)nc(-n4c5ccccc5c5c6c7c(n(-c8cccc(-c9ccc%10ccccc%10c9)c8)c6ccc54)C=CCC7)n3)c3ccccc23)C1. The van der Waals surface area contributed by atoms with E-state index in [0.717, 1.165) is 63.3 Å². The third kappa shape index (κ3) is 5.58. The zero-order chi connectivity index (χ0) is 45.3. The first-order chi connectivity index (χ1) is 34.1. The molecule has 0 saturated heterocycles. The van der Waals surface area contributed by atoms with E-state index in [1.54, 1.807) is 0 Å². The van der Waals surface area contributed by atoms with E-state index in [1.165, 1.54) is 71.5 Å². The fourth-order valence-corrected chi connectivity index (χ4v) is 11.8. The van der Waals surface area contributed by atoms with Crippen LogP contribution in [0.1, 0.15) is 35.9 Å². The first-order valence-electron chi connectivity index (χ1n) is 24.1. The first kappa shape index (κ1) is 38.3. The van der Waals surface area contributed by atoms with Crippen molar-refractivity contribution in [3.05, 3.63) is 211 Å². The van der Waals surface area contributed by atoms with Crippen molar-refractivity contribution in [1.29, 1.82) is 0 Å². The number of para-hydroxylation sites is 4. The van der Waals surface area contributed by atoms with Crippen LogP contribution in [-0.2, 0) is 12.8 Å². The summed E-state index contributed by atoms with van der Waals surface area (Å²) in [5.41, 5.74) is 15.1. The number of hydrogen-bond acceptors (Lipinski definition) is 3. The Morgan fingerprint density at radius 2 is 1.03 bits per heavy atom. The number of allylic oxidation sites excluding steroid dienone is 2. The van der Waals surface area contributed by atoms with Gasteiger partial charge in [0.25, 0.3) is 0 Å². The quantitative estimate of drug-likeness (QED) is 0.173. The lowest BCUT2D eigenvalue weighted by atomic mass is 9.95. The monoisotopic (exact) mass is 885 g/mol. The van der Waals surface area contributed by atoms with Crippen molar-refractivity contribution in [3.8, 4) is 34.7 Å². The summed E-state index contributed by atoms with van der Waals surface area (Å²) in [5, 5.41) is 9.66. The van der Waals surface area contributed by atoms with Gasteiger partial charge in [0.05, 0.1) is 33.1 Å². The molecule has 2 aliphatic rings. The molecular formula is C62H43N7. The molecule has 0 bridgehead atoms. The molecule has 5 heterocycles. The molecule has 69 heavy (non-hydrogen) atoms. The minimum Gasteiger partial charge on any atom is -0.310 e. The van der Waals surface area contributed by atoms with Gasteiger partial charge in [-0.05, 0) is 113 Å². The van der Waals surface area contributed by atoms with Crippen LogP contribution in [0.2, 0.25) is 0 Å². The minimum absolute atomic E-state index is 0.368. The molecule has 1 atom stereocenters. The Hall–Kier alpha value is -8.81. The number of rotatable bonds is 5. The van der Waals surface area contributed by atoms with Crippen LogP contribution in [0.5, 0.6) is 0 Å². The summed E-state index contributed by atoms with van der Waals surface area (Å²) in [6, 6.07) is 63.6. The van der Waals surface area contributed by atoms with Crippen molar-refractivity contribution < 1.29 is 0 Å². The van der Waals surface area contributed by atoms with Crippen molar-refractivity contribution in [2.24, 2.45) is 5.92 Å². The van der Waals surface area contributed by atoms with Crippen LogP contribution >= 0.6 is 0 Å². The van der Waals surface area contributed by atoms with E-state index in [0.29, 0.717) is 23.8 Å². The normalized spacial score (nSPS) is 14.6. The predicted molar refractivity (Wildman–Crippen MR) is 284 cm³/mol. The van der Waals surface area contributed by atoms with Gasteiger partial charge in [0.2, 0.25) is 17.8 Å². The molecule has 0 fully saturated rings. The van der Waals surface area contributed by atoms with Crippen LogP contribution in [0, 0.1) is 5.92 Å². The summed E-state index contributed by atoms with van der Waals surface area (Å²) in [4.78, 5) is 16.7. The second kappa shape index (κ2) is 14.6. The Labute approximate surface area is 397 Å². The fourth-order valence-electron chi connectivity index (χ4n) is 11.8. The van der Waals surface area contributed by atoms with Gasteiger partial charge in [-0.2, -0.15) is 15.0 Å². The molecule has 0 saturated carbocycles. The van der Waals surface area contributed by atoms with E-state index in [1.807, 2.05) is 0 Å². The lowest BCUT2D eigenvalue weighted by Crippen LogP contribution is -2.16. The van der Waals surface area contributed by atoms with Crippen molar-refractivity contribution in [2.45, 2.75) is 26.2 Å². The van der Waals surface area contributed by atoms with Gasteiger partial charge < -0.3 is 4.57 Å². The standard InChI is InChI=1S/C62H43N7/c1-38-29-32-47-46-21-6-11-26-52(46)69(57(47)35-38)62-64-60(67-50-24-9-4-19-44(50)45-20-5-10-25-51(45)67)63-61(65-62)68-54-28-13-8-23-49(54)59-56(68)34-33-55-58(59)48-22-7-12-27-53(48)66(55)43-18-14-17-41(37-43)42-31-30-39-15-2-3-16-40(39)36-42/h2-6,8-21,23-34,36-38H,7,22,35H2,1H3. The third-order valence-electron chi connectivity index (χ3n) is 14.8. The van der Waals surface area contributed by atoms with Gasteiger partial charge in [-0.15, -0.1) is 0 Å². The Bertz CT molecular complexity index is 4320. The van der Waals surface area contributed by atoms with Crippen molar-refractivity contribution >= 4 is 88.3 Å². The molecule has 0 amide bonds. The summed E-state index contributed by atoms with van der Waals surface area (Å²) >= 11 is 0. The van der Waals surface area contributed by atoms with E-state index < -0.39 is 0 Å². The van der Waals surface area contributed by atoms with Gasteiger partial charge in [-0.3, -0.25) is 13.7 Å². The second-order valence-corrected chi connectivity index (χ2v) is 18.8. The number of aromatic nitrogens is 7. The zero-order valence-corrected chi connectivity index (χ0v) is 37.9. The van der Waals surface area contributed by atoms with E-state index in [9.17, 15) is 0 Å². The highest BCUT2D eigenvalue weighted by Gasteiger charge is 2.28. The highest BCUT2D eigenvalue weighted by atomic mass is 15.3. The average Bonchev–Trinajstić information content (AvgIpc) is 4.13. The largest absolute Gasteiger partial charge is 0.310 e. The van der Waals surface area contributed by atoms with Gasteiger partial charge >= 0.3 is 0 Å². The highest BCUT2D eigenvalue weighted by Crippen LogP contribution is 2.44. The predicted octanol–water partition coefficient (Wildman–Crippen LogP) is 14.9. The Kier molecular flexibility index (Phi) is 8.10. The molecule has 7 nitrogen and oxygen atoms in total. The summed E-state index contributed by atoms with van der Waals surface area (Å²) in [7, 11) is 0. The molecule has 8 aromatic carbocycles. The highest BCUT2D eigenvalue weighted by molar-refractivity contribution is 6.23. The molecule has 15 rings (SSSR count). The van der Waals surface area contributed by atoms with Crippen LogP contribution in [0.3, 0.4) is 0 Å². The minimum atomic E-state index is 0.368. The number of fused-ring (bicyclic) bond motifs is 14. The van der Waals surface area contributed by atoms with Crippen LogP contribution in [0.4, 0.5) is 0 Å². The second-order valence-electron chi connectivity index (χ2n) is 18.8. The maximum atomic E-state index is 5.60. The number of nitrogens with zero attached hydrogens (tertiary/aromatic N) is 7. The van der Waals surface area contributed by atoms with Crippen LogP contribution in [-0.4, -0.2) is 33.2 Å². The Morgan fingerprint density at radius 3 is 1.77 bits per heavy atom. The fraction of sp³-hybridized carbons (Fsp3) is 0.0806. The molecule has 0 aliphatic heterocycles. The van der Waals surface area contributed by atoms with E-state index in [-0.39, 0.29) is 0 Å². The maximum Gasteiger partial charge on any atom is 0.241 e. The molecule has 7 heteroatoms. The molecule has 0 radical (unpaired) electrons. The molecule has 1 unspecified atom stereocenters. The van der Waals surface area contributed by atoms with E-state index in [4.69, 9.17) is 15.0 Å². The topological polar surface area (TPSA) is 58.4 Å². The molecular weight excluding hydrogens is 843 g/mol. The number of aryl methyl sites for hydroxylation is 1. The van der Waals surface area contributed by atoms with Crippen LogP contribution < -0.4 is 0 Å². The van der Waals surface area contributed by atoms with Crippen molar-refractivity contribution in [2.75, 3.05) is 0 Å². The molecule has 2 aliphatic carbocycles. The number of hydrogen-bond donors (Lipinski definition) is 0. The summed E-state index contributed by atoms with van der Waals surface area (Å²) in [6.07, 6.45) is 12.1. The summed E-state index contributed by atoms with van der Waals surface area (Å²) in [5.74, 6) is 2.12. The smallest absolute Gasteiger partial charge is 0.241 e.